The Balaban J connectivity index is 2.49. The summed E-state index contributed by atoms with van der Waals surface area (Å²) in [5.41, 5.74) is 6.04. The average Bonchev–Trinajstić information content (AvgIpc) is 2.23. The number of halogens is 1. The highest BCUT2D eigenvalue weighted by Crippen LogP contribution is 2.19. The molecule has 0 heterocycles. The van der Waals surface area contributed by atoms with Crippen LogP contribution in [-0.2, 0) is 4.74 Å². The third-order valence-electron chi connectivity index (χ3n) is 1.98. The fourth-order valence-electron chi connectivity index (χ4n) is 1.10. The maximum atomic E-state index is 12.7. The molecular formula is C11H15FN2O2. The van der Waals surface area contributed by atoms with Crippen LogP contribution in [0.25, 0.3) is 0 Å². The van der Waals surface area contributed by atoms with Crippen LogP contribution in [0.15, 0.2) is 18.2 Å². The van der Waals surface area contributed by atoms with E-state index in [1.165, 1.54) is 12.1 Å². The zero-order valence-electron chi connectivity index (χ0n) is 9.13. The minimum atomic E-state index is -0.577. The van der Waals surface area contributed by atoms with Gasteiger partial charge in [0.05, 0.1) is 18.0 Å². The smallest absolute Gasteiger partial charge is 0.411 e. The van der Waals surface area contributed by atoms with E-state index in [1.807, 2.05) is 6.92 Å². The predicted octanol–water partition coefficient (Wildman–Crippen LogP) is 2.76. The van der Waals surface area contributed by atoms with E-state index in [0.717, 1.165) is 18.9 Å². The molecule has 0 aliphatic carbocycles. The minimum Gasteiger partial charge on any atom is -0.449 e. The van der Waals surface area contributed by atoms with Gasteiger partial charge in [0.15, 0.2) is 0 Å². The fraction of sp³-hybridized carbons (Fsp3) is 0.364. The van der Waals surface area contributed by atoms with Gasteiger partial charge in [-0.05, 0) is 24.6 Å². The molecule has 4 nitrogen and oxygen atoms in total. The number of benzene rings is 1. The van der Waals surface area contributed by atoms with Crippen LogP contribution < -0.4 is 11.1 Å². The summed E-state index contributed by atoms with van der Waals surface area (Å²) in [7, 11) is 0. The molecule has 0 unspecified atom stereocenters. The second-order valence-electron chi connectivity index (χ2n) is 3.35. The Bertz CT molecular complexity index is 369. The number of carbonyl (C=O) groups is 1. The zero-order valence-corrected chi connectivity index (χ0v) is 9.13. The van der Waals surface area contributed by atoms with Gasteiger partial charge in [0, 0.05) is 0 Å². The summed E-state index contributed by atoms with van der Waals surface area (Å²) in [6.07, 6.45) is 1.19. The number of nitrogens with two attached hydrogens (primary N) is 1. The van der Waals surface area contributed by atoms with Gasteiger partial charge in [-0.2, -0.15) is 0 Å². The van der Waals surface area contributed by atoms with Crippen LogP contribution in [0.2, 0.25) is 0 Å². The van der Waals surface area contributed by atoms with Crippen LogP contribution in [0.1, 0.15) is 19.8 Å². The summed E-state index contributed by atoms with van der Waals surface area (Å²) in [6.45, 7) is 2.36. The number of nitrogens with one attached hydrogen (secondary N) is 1. The van der Waals surface area contributed by atoms with Crippen molar-refractivity contribution in [3.63, 3.8) is 0 Å². The largest absolute Gasteiger partial charge is 0.449 e. The first-order chi connectivity index (χ1) is 7.63. The lowest BCUT2D eigenvalue weighted by Gasteiger charge is -2.08. The summed E-state index contributed by atoms with van der Waals surface area (Å²) < 4.78 is 17.6. The van der Waals surface area contributed by atoms with E-state index in [4.69, 9.17) is 10.5 Å². The number of amides is 1. The molecule has 0 bridgehead atoms. The third-order valence-corrected chi connectivity index (χ3v) is 1.98. The molecule has 1 aromatic carbocycles. The van der Waals surface area contributed by atoms with Crippen molar-refractivity contribution in [2.45, 2.75) is 19.8 Å². The van der Waals surface area contributed by atoms with E-state index in [2.05, 4.69) is 5.32 Å². The number of anilines is 2. The molecule has 88 valence electrons. The highest BCUT2D eigenvalue weighted by Gasteiger charge is 2.06. The third kappa shape index (κ3) is 3.76. The van der Waals surface area contributed by atoms with Gasteiger partial charge in [-0.25, -0.2) is 9.18 Å². The molecule has 1 rings (SSSR count). The Labute approximate surface area is 93.6 Å². The van der Waals surface area contributed by atoms with Crippen LogP contribution >= 0.6 is 0 Å². The lowest BCUT2D eigenvalue weighted by Crippen LogP contribution is -2.15. The SMILES string of the molecule is CCCCOC(=O)Nc1ccc(F)cc1N. The Morgan fingerprint density at radius 3 is 2.94 bits per heavy atom. The number of ether oxygens (including phenoxy) is 1. The van der Waals surface area contributed by atoms with E-state index < -0.39 is 11.9 Å². The normalized spacial score (nSPS) is 9.88. The summed E-state index contributed by atoms with van der Waals surface area (Å²) in [5.74, 6) is -0.442. The second-order valence-corrected chi connectivity index (χ2v) is 3.35. The van der Waals surface area contributed by atoms with Crippen LogP contribution in [-0.4, -0.2) is 12.7 Å². The molecular weight excluding hydrogens is 211 g/mol. The molecule has 0 radical (unpaired) electrons. The standard InChI is InChI=1S/C11H15FN2O2/c1-2-3-6-16-11(15)14-10-5-4-8(12)7-9(10)13/h4-5,7H,2-3,6,13H2,1H3,(H,14,15). The van der Waals surface area contributed by atoms with Crippen LogP contribution in [0.5, 0.6) is 0 Å². The average molecular weight is 226 g/mol. The van der Waals surface area contributed by atoms with E-state index in [1.54, 1.807) is 0 Å². The van der Waals surface area contributed by atoms with Crippen LogP contribution in [0.3, 0.4) is 0 Å². The van der Waals surface area contributed by atoms with E-state index >= 15 is 0 Å². The van der Waals surface area contributed by atoms with Gasteiger partial charge in [-0.1, -0.05) is 13.3 Å². The van der Waals surface area contributed by atoms with E-state index in [9.17, 15) is 9.18 Å². The maximum absolute atomic E-state index is 12.7. The van der Waals surface area contributed by atoms with Crippen molar-refractivity contribution in [2.75, 3.05) is 17.7 Å². The Morgan fingerprint density at radius 2 is 2.31 bits per heavy atom. The molecule has 0 fully saturated rings. The molecule has 1 aromatic rings. The summed E-state index contributed by atoms with van der Waals surface area (Å²) in [4.78, 5) is 11.2. The molecule has 0 aliphatic heterocycles. The zero-order chi connectivity index (χ0) is 12.0. The highest BCUT2D eigenvalue weighted by atomic mass is 19.1. The van der Waals surface area contributed by atoms with Gasteiger partial charge in [0.25, 0.3) is 0 Å². The molecule has 5 heteroatoms. The fourth-order valence-corrected chi connectivity index (χ4v) is 1.10. The number of rotatable bonds is 4. The second kappa shape index (κ2) is 5.95. The molecule has 0 spiro atoms. The van der Waals surface area contributed by atoms with E-state index in [-0.39, 0.29) is 5.69 Å². The van der Waals surface area contributed by atoms with Crippen molar-refractivity contribution in [3.8, 4) is 0 Å². The molecule has 0 atom stereocenters. The minimum absolute atomic E-state index is 0.174. The summed E-state index contributed by atoms with van der Waals surface area (Å²) >= 11 is 0. The van der Waals surface area contributed by atoms with Gasteiger partial charge in [0.1, 0.15) is 5.82 Å². The molecule has 0 aromatic heterocycles. The lowest BCUT2D eigenvalue weighted by atomic mass is 10.2. The quantitative estimate of drug-likeness (QED) is 0.613. The van der Waals surface area contributed by atoms with Gasteiger partial charge >= 0.3 is 6.09 Å². The number of unbranched alkanes of at least 4 members (excludes halogenated alkanes) is 1. The van der Waals surface area contributed by atoms with Gasteiger partial charge < -0.3 is 10.5 Å². The topological polar surface area (TPSA) is 64.3 Å². The van der Waals surface area contributed by atoms with Crippen molar-refractivity contribution in [3.05, 3.63) is 24.0 Å². The van der Waals surface area contributed by atoms with Gasteiger partial charge in [-0.15, -0.1) is 0 Å². The summed E-state index contributed by atoms with van der Waals surface area (Å²) in [5, 5.41) is 2.44. The number of hydrogen-bond donors (Lipinski definition) is 2. The molecule has 0 aliphatic rings. The van der Waals surface area contributed by atoms with E-state index in [0.29, 0.717) is 12.3 Å². The Kier molecular flexibility index (Phi) is 4.57. The molecule has 16 heavy (non-hydrogen) atoms. The summed E-state index contributed by atoms with van der Waals surface area (Å²) in [6, 6.07) is 3.76. The Morgan fingerprint density at radius 1 is 1.56 bits per heavy atom. The number of nitrogen functional groups attached to an aromatic ring is 1. The molecule has 1 amide bonds. The molecule has 0 saturated carbocycles. The number of carbonyl (C=O) groups excluding carboxylic acids is 1. The first-order valence-corrected chi connectivity index (χ1v) is 5.12. The monoisotopic (exact) mass is 226 g/mol. The first kappa shape index (κ1) is 12.3. The van der Waals surface area contributed by atoms with Gasteiger partial charge in [-0.3, -0.25) is 5.32 Å². The number of hydrogen-bond acceptors (Lipinski definition) is 3. The van der Waals surface area contributed by atoms with Crippen molar-refractivity contribution in [1.82, 2.24) is 0 Å². The van der Waals surface area contributed by atoms with Crippen molar-refractivity contribution in [2.24, 2.45) is 0 Å². The van der Waals surface area contributed by atoms with Crippen molar-refractivity contribution in [1.29, 1.82) is 0 Å². The highest BCUT2D eigenvalue weighted by molar-refractivity contribution is 5.88. The molecule has 0 saturated heterocycles. The predicted molar refractivity (Wildman–Crippen MR) is 60.7 cm³/mol. The van der Waals surface area contributed by atoms with Crippen molar-refractivity contribution >= 4 is 17.5 Å². The van der Waals surface area contributed by atoms with Crippen molar-refractivity contribution < 1.29 is 13.9 Å². The lowest BCUT2D eigenvalue weighted by molar-refractivity contribution is 0.160. The molecule has 3 N–H and O–H groups in total. The Hall–Kier alpha value is -1.78. The first-order valence-electron chi connectivity index (χ1n) is 5.12. The van der Waals surface area contributed by atoms with Gasteiger partial charge in [0.2, 0.25) is 0 Å². The van der Waals surface area contributed by atoms with Crippen LogP contribution in [0.4, 0.5) is 20.6 Å². The maximum Gasteiger partial charge on any atom is 0.411 e. The van der Waals surface area contributed by atoms with Crippen LogP contribution in [0, 0.1) is 5.82 Å².